The van der Waals surface area contributed by atoms with Gasteiger partial charge in [-0.05, 0) is 83.5 Å². The minimum absolute atomic E-state index is 0.0857. The highest BCUT2D eigenvalue weighted by Crippen LogP contribution is 2.16. The standard InChI is InChI=1S/C61H112O5/c1-4-7-10-13-16-19-22-24-26-28-30-32-34-36-38-41-44-47-50-53-56-64-57-59(66-61(63)55-52-49-46-43-39-21-18-15-12-9-6-3)58-65-60(62)54-51-48-45-42-40-37-35-33-31-29-27-25-23-20-17-14-11-8-5-2/h16-17,19-20,24-27,59H,4-15,18,21-23,28-58H2,1-3H3/b19-16-,20-17-,26-24-,27-25-. The topological polar surface area (TPSA) is 61.8 Å². The molecule has 0 aliphatic carbocycles. The van der Waals surface area contributed by atoms with Gasteiger partial charge in [-0.2, -0.15) is 0 Å². The fraction of sp³-hybridized carbons (Fsp3) is 0.836. The molecule has 0 saturated carbocycles. The molecule has 386 valence electrons. The summed E-state index contributed by atoms with van der Waals surface area (Å²) in [4.78, 5) is 25.5. The third-order valence-corrected chi connectivity index (χ3v) is 12.8. The predicted octanol–water partition coefficient (Wildman–Crippen LogP) is 19.9. The van der Waals surface area contributed by atoms with Gasteiger partial charge >= 0.3 is 11.9 Å². The van der Waals surface area contributed by atoms with Gasteiger partial charge in [-0.1, -0.05) is 256 Å². The lowest BCUT2D eigenvalue weighted by molar-refractivity contribution is -0.163. The van der Waals surface area contributed by atoms with Crippen LogP contribution in [-0.4, -0.2) is 37.9 Å². The Morgan fingerprint density at radius 3 is 1.03 bits per heavy atom. The second-order valence-corrected chi connectivity index (χ2v) is 19.5. The van der Waals surface area contributed by atoms with Crippen LogP contribution in [0.4, 0.5) is 0 Å². The molecule has 1 unspecified atom stereocenters. The van der Waals surface area contributed by atoms with Gasteiger partial charge in [0.2, 0.25) is 0 Å². The Morgan fingerprint density at radius 1 is 0.333 bits per heavy atom. The van der Waals surface area contributed by atoms with Gasteiger partial charge in [0.25, 0.3) is 0 Å². The third kappa shape index (κ3) is 54.5. The summed E-state index contributed by atoms with van der Waals surface area (Å²) in [5, 5.41) is 0. The number of ether oxygens (including phenoxy) is 3. The largest absolute Gasteiger partial charge is 0.462 e. The Morgan fingerprint density at radius 2 is 0.636 bits per heavy atom. The maximum absolute atomic E-state index is 12.8. The molecule has 0 aromatic carbocycles. The van der Waals surface area contributed by atoms with Crippen molar-refractivity contribution in [1.82, 2.24) is 0 Å². The van der Waals surface area contributed by atoms with Crippen LogP contribution in [-0.2, 0) is 23.8 Å². The molecule has 5 nitrogen and oxygen atoms in total. The van der Waals surface area contributed by atoms with E-state index in [-0.39, 0.29) is 25.2 Å². The Hall–Kier alpha value is -2.14. The molecule has 0 aromatic rings. The minimum Gasteiger partial charge on any atom is -0.462 e. The molecule has 0 fully saturated rings. The van der Waals surface area contributed by atoms with E-state index in [0.717, 1.165) is 51.4 Å². The summed E-state index contributed by atoms with van der Waals surface area (Å²) in [6, 6.07) is 0. The summed E-state index contributed by atoms with van der Waals surface area (Å²) in [6.45, 7) is 7.81. The quantitative estimate of drug-likeness (QED) is 0.0345. The molecule has 0 aromatic heterocycles. The fourth-order valence-electron chi connectivity index (χ4n) is 8.45. The predicted molar refractivity (Wildman–Crippen MR) is 288 cm³/mol. The Labute approximate surface area is 412 Å². The van der Waals surface area contributed by atoms with Gasteiger partial charge in [0, 0.05) is 19.4 Å². The van der Waals surface area contributed by atoms with E-state index in [1.165, 1.54) is 218 Å². The SMILES string of the molecule is CCCCC/C=C\C/C=C\CCCCCCCCCCCCOCC(COC(=O)CCCCCCCCCCC/C=C\C/C=C\CCCCC)OC(=O)CCCCCCCCCCCCC. The number of esters is 2. The highest BCUT2D eigenvalue weighted by Gasteiger charge is 2.17. The summed E-state index contributed by atoms with van der Waals surface area (Å²) >= 11 is 0. The van der Waals surface area contributed by atoms with Crippen molar-refractivity contribution in [3.63, 3.8) is 0 Å². The Bertz CT molecular complexity index is 1090. The van der Waals surface area contributed by atoms with Gasteiger partial charge in [-0.25, -0.2) is 0 Å². The minimum atomic E-state index is -0.536. The molecule has 0 aliphatic rings. The zero-order chi connectivity index (χ0) is 47.7. The van der Waals surface area contributed by atoms with Crippen LogP contribution in [0.3, 0.4) is 0 Å². The van der Waals surface area contributed by atoms with Crippen molar-refractivity contribution in [1.29, 1.82) is 0 Å². The number of carbonyl (C=O) groups excluding carboxylic acids is 2. The average molecular weight is 926 g/mol. The Balaban J connectivity index is 4.18. The second-order valence-electron chi connectivity index (χ2n) is 19.5. The second kappa shape index (κ2) is 57.2. The summed E-state index contributed by atoms with van der Waals surface area (Å²) in [5.74, 6) is -0.389. The van der Waals surface area contributed by atoms with E-state index in [2.05, 4.69) is 69.4 Å². The van der Waals surface area contributed by atoms with Crippen LogP contribution >= 0.6 is 0 Å². The van der Waals surface area contributed by atoms with Crippen molar-refractivity contribution in [3.05, 3.63) is 48.6 Å². The van der Waals surface area contributed by atoms with Crippen LogP contribution in [0, 0.1) is 0 Å². The van der Waals surface area contributed by atoms with E-state index < -0.39 is 6.10 Å². The van der Waals surface area contributed by atoms with Gasteiger partial charge in [-0.15, -0.1) is 0 Å². The van der Waals surface area contributed by atoms with Crippen LogP contribution in [0.1, 0.15) is 303 Å². The monoisotopic (exact) mass is 925 g/mol. The van der Waals surface area contributed by atoms with Crippen LogP contribution in [0.15, 0.2) is 48.6 Å². The number of hydrogen-bond acceptors (Lipinski definition) is 5. The van der Waals surface area contributed by atoms with Crippen LogP contribution in [0.25, 0.3) is 0 Å². The molecule has 5 heteroatoms. The first-order chi connectivity index (χ1) is 32.6. The first-order valence-electron chi connectivity index (χ1n) is 29.2. The van der Waals surface area contributed by atoms with E-state index in [9.17, 15) is 9.59 Å². The van der Waals surface area contributed by atoms with Crippen LogP contribution < -0.4 is 0 Å². The summed E-state index contributed by atoms with van der Waals surface area (Å²) in [5.41, 5.74) is 0. The van der Waals surface area contributed by atoms with Crippen LogP contribution in [0.5, 0.6) is 0 Å². The summed E-state index contributed by atoms with van der Waals surface area (Å²) < 4.78 is 17.5. The molecular weight excluding hydrogens is 813 g/mol. The van der Waals surface area contributed by atoms with Crippen molar-refractivity contribution in [2.75, 3.05) is 19.8 Å². The molecule has 0 heterocycles. The molecule has 1 atom stereocenters. The molecule has 0 spiro atoms. The van der Waals surface area contributed by atoms with E-state index in [1.54, 1.807) is 0 Å². The number of rotatable bonds is 54. The van der Waals surface area contributed by atoms with Gasteiger partial charge in [0.1, 0.15) is 6.61 Å². The number of allylic oxidation sites excluding steroid dienone is 8. The van der Waals surface area contributed by atoms with Gasteiger partial charge in [-0.3, -0.25) is 9.59 Å². The molecule has 0 radical (unpaired) electrons. The lowest BCUT2D eigenvalue weighted by Crippen LogP contribution is -2.30. The van der Waals surface area contributed by atoms with Crippen molar-refractivity contribution in [2.24, 2.45) is 0 Å². The van der Waals surface area contributed by atoms with Gasteiger partial charge in [0.15, 0.2) is 6.10 Å². The number of hydrogen-bond donors (Lipinski definition) is 0. The zero-order valence-electron chi connectivity index (χ0n) is 44.5. The summed E-state index contributed by atoms with van der Waals surface area (Å²) in [7, 11) is 0. The fourth-order valence-corrected chi connectivity index (χ4v) is 8.45. The first kappa shape index (κ1) is 63.9. The van der Waals surface area contributed by atoms with Crippen LogP contribution in [0.2, 0.25) is 0 Å². The normalized spacial score (nSPS) is 12.5. The summed E-state index contributed by atoms with van der Waals surface area (Å²) in [6.07, 6.45) is 71.3. The smallest absolute Gasteiger partial charge is 0.306 e. The van der Waals surface area contributed by atoms with E-state index in [4.69, 9.17) is 14.2 Å². The lowest BCUT2D eigenvalue weighted by atomic mass is 10.1. The molecule has 0 bridgehead atoms. The molecular formula is C61H112O5. The maximum Gasteiger partial charge on any atom is 0.306 e. The van der Waals surface area contributed by atoms with Crippen molar-refractivity contribution < 1.29 is 23.8 Å². The highest BCUT2D eigenvalue weighted by atomic mass is 16.6. The molecule has 0 aliphatic heterocycles. The lowest BCUT2D eigenvalue weighted by Gasteiger charge is -2.18. The average Bonchev–Trinajstić information content (AvgIpc) is 3.32. The van der Waals surface area contributed by atoms with Gasteiger partial charge in [0.05, 0.1) is 6.61 Å². The molecule has 66 heavy (non-hydrogen) atoms. The Kier molecular flexibility index (Phi) is 55.3. The van der Waals surface area contributed by atoms with E-state index in [0.29, 0.717) is 19.4 Å². The first-order valence-corrected chi connectivity index (χ1v) is 29.2. The van der Waals surface area contributed by atoms with Crippen molar-refractivity contribution in [3.8, 4) is 0 Å². The maximum atomic E-state index is 12.8. The molecule has 0 rings (SSSR count). The zero-order valence-corrected chi connectivity index (χ0v) is 44.5. The molecule has 0 N–H and O–H groups in total. The van der Waals surface area contributed by atoms with E-state index >= 15 is 0 Å². The number of carbonyl (C=O) groups is 2. The van der Waals surface area contributed by atoms with Gasteiger partial charge < -0.3 is 14.2 Å². The third-order valence-electron chi connectivity index (χ3n) is 12.8. The number of unbranched alkanes of at least 4 members (excludes halogenated alkanes) is 35. The van der Waals surface area contributed by atoms with E-state index in [1.807, 2.05) is 0 Å². The van der Waals surface area contributed by atoms with Crippen molar-refractivity contribution in [2.45, 2.75) is 309 Å². The highest BCUT2D eigenvalue weighted by molar-refractivity contribution is 5.70. The molecule has 0 amide bonds. The molecule has 0 saturated heterocycles. The van der Waals surface area contributed by atoms with Crippen molar-refractivity contribution >= 4 is 11.9 Å².